The van der Waals surface area contributed by atoms with Crippen molar-refractivity contribution in [1.82, 2.24) is 25.3 Å². The fourth-order valence-corrected chi connectivity index (χ4v) is 2.68. The van der Waals surface area contributed by atoms with E-state index in [0.717, 1.165) is 28.2 Å². The molecule has 3 aromatic rings. The Morgan fingerprint density at radius 1 is 1.38 bits per heavy atom. The lowest BCUT2D eigenvalue weighted by Gasteiger charge is -2.13. The molecule has 0 radical (unpaired) electrons. The van der Waals surface area contributed by atoms with E-state index in [1.807, 2.05) is 50.4 Å². The molecule has 7 nitrogen and oxygen atoms in total. The van der Waals surface area contributed by atoms with E-state index in [2.05, 4.69) is 20.6 Å². The number of aromatic nitrogens is 4. The van der Waals surface area contributed by atoms with Crippen LogP contribution in [0.15, 0.2) is 42.7 Å². The Labute approximate surface area is 139 Å². The van der Waals surface area contributed by atoms with Crippen molar-refractivity contribution in [2.24, 2.45) is 5.73 Å². The first-order valence-corrected chi connectivity index (χ1v) is 7.70. The number of aryl methyl sites for hydroxylation is 2. The molecule has 2 heterocycles. The van der Waals surface area contributed by atoms with Gasteiger partial charge in [-0.05, 0) is 37.6 Å². The number of carbonyl (C=O) groups excluding carboxylic acids is 1. The molecule has 0 aliphatic heterocycles. The van der Waals surface area contributed by atoms with Gasteiger partial charge in [-0.25, -0.2) is 4.68 Å². The minimum atomic E-state index is -0.738. The average Bonchev–Trinajstić information content (AvgIpc) is 3.23. The second-order valence-electron chi connectivity index (χ2n) is 5.66. The third kappa shape index (κ3) is 3.21. The highest BCUT2D eigenvalue weighted by atomic mass is 16.2. The molecule has 124 valence electrons. The summed E-state index contributed by atoms with van der Waals surface area (Å²) in [5.74, 6) is -0.230. The van der Waals surface area contributed by atoms with Crippen LogP contribution in [0, 0.1) is 13.8 Å². The van der Waals surface area contributed by atoms with Gasteiger partial charge in [0, 0.05) is 30.2 Å². The number of nitrogens with zero attached hydrogens (tertiary/aromatic N) is 3. The zero-order valence-corrected chi connectivity index (χ0v) is 13.7. The highest BCUT2D eigenvalue weighted by Gasteiger charge is 2.21. The van der Waals surface area contributed by atoms with Crippen molar-refractivity contribution in [3.05, 3.63) is 65.2 Å². The number of amides is 1. The van der Waals surface area contributed by atoms with Crippen LogP contribution in [0.4, 0.5) is 0 Å². The lowest BCUT2D eigenvalue weighted by atomic mass is 10.1. The molecule has 1 atom stereocenters. The van der Waals surface area contributed by atoms with Crippen LogP contribution in [-0.2, 0) is 11.3 Å². The minimum absolute atomic E-state index is 0.230. The first-order valence-electron chi connectivity index (χ1n) is 7.70. The predicted octanol–water partition coefficient (Wildman–Crippen LogP) is 1.53. The largest absolute Gasteiger partial charge is 0.350 e. The van der Waals surface area contributed by atoms with Gasteiger partial charge in [-0.15, -0.1) is 0 Å². The first-order chi connectivity index (χ1) is 11.6. The van der Waals surface area contributed by atoms with E-state index in [-0.39, 0.29) is 5.91 Å². The SMILES string of the molecule is Cc1n[nH]c(C)c1C(N)C(=O)NCc1cccc(-n2cccn2)c1. The van der Waals surface area contributed by atoms with E-state index in [9.17, 15) is 4.79 Å². The van der Waals surface area contributed by atoms with Crippen molar-refractivity contribution in [2.45, 2.75) is 26.4 Å². The normalized spacial score (nSPS) is 12.1. The molecule has 3 rings (SSSR count). The fourth-order valence-electron chi connectivity index (χ4n) is 2.68. The van der Waals surface area contributed by atoms with Gasteiger partial charge in [0.15, 0.2) is 0 Å². The van der Waals surface area contributed by atoms with Crippen LogP contribution in [0.5, 0.6) is 0 Å². The molecule has 2 aromatic heterocycles. The molecule has 0 fully saturated rings. The Balaban J connectivity index is 1.67. The Morgan fingerprint density at radius 2 is 2.21 bits per heavy atom. The number of nitrogens with two attached hydrogens (primary N) is 1. The van der Waals surface area contributed by atoms with Crippen LogP contribution in [0.25, 0.3) is 5.69 Å². The number of rotatable bonds is 5. The van der Waals surface area contributed by atoms with Crippen LogP contribution in [0.2, 0.25) is 0 Å². The lowest BCUT2D eigenvalue weighted by Crippen LogP contribution is -2.34. The molecule has 24 heavy (non-hydrogen) atoms. The molecule has 4 N–H and O–H groups in total. The number of hydrogen-bond donors (Lipinski definition) is 3. The van der Waals surface area contributed by atoms with Crippen molar-refractivity contribution in [3.8, 4) is 5.69 Å². The number of H-pyrrole nitrogens is 1. The van der Waals surface area contributed by atoms with Gasteiger partial charge in [-0.3, -0.25) is 9.89 Å². The van der Waals surface area contributed by atoms with E-state index in [1.54, 1.807) is 10.9 Å². The van der Waals surface area contributed by atoms with E-state index < -0.39 is 6.04 Å². The minimum Gasteiger partial charge on any atom is -0.350 e. The summed E-state index contributed by atoms with van der Waals surface area (Å²) in [6, 6.07) is 8.95. The second-order valence-corrected chi connectivity index (χ2v) is 5.66. The maximum absolute atomic E-state index is 12.3. The van der Waals surface area contributed by atoms with Gasteiger partial charge in [0.05, 0.1) is 11.4 Å². The van der Waals surface area contributed by atoms with E-state index in [1.165, 1.54) is 0 Å². The van der Waals surface area contributed by atoms with Crippen molar-refractivity contribution in [2.75, 3.05) is 0 Å². The maximum Gasteiger partial charge on any atom is 0.241 e. The summed E-state index contributed by atoms with van der Waals surface area (Å²) in [7, 11) is 0. The number of carbonyl (C=O) groups is 1. The Kier molecular flexibility index (Phi) is 4.43. The van der Waals surface area contributed by atoms with Crippen molar-refractivity contribution in [1.29, 1.82) is 0 Å². The molecule has 0 aliphatic carbocycles. The summed E-state index contributed by atoms with van der Waals surface area (Å²) in [6.07, 6.45) is 3.60. The number of nitrogens with one attached hydrogen (secondary N) is 2. The van der Waals surface area contributed by atoms with Gasteiger partial charge in [0.2, 0.25) is 5.91 Å². The molecule has 0 saturated heterocycles. The van der Waals surface area contributed by atoms with Gasteiger partial charge in [0.1, 0.15) is 6.04 Å². The van der Waals surface area contributed by atoms with Crippen LogP contribution >= 0.6 is 0 Å². The molecule has 1 unspecified atom stereocenters. The van der Waals surface area contributed by atoms with Gasteiger partial charge < -0.3 is 11.1 Å². The van der Waals surface area contributed by atoms with Crippen molar-refractivity contribution in [3.63, 3.8) is 0 Å². The van der Waals surface area contributed by atoms with Gasteiger partial charge in [-0.1, -0.05) is 12.1 Å². The van der Waals surface area contributed by atoms with Crippen LogP contribution in [0.1, 0.15) is 28.6 Å². The van der Waals surface area contributed by atoms with E-state index in [0.29, 0.717) is 6.54 Å². The van der Waals surface area contributed by atoms with E-state index >= 15 is 0 Å². The highest BCUT2D eigenvalue weighted by Crippen LogP contribution is 2.17. The van der Waals surface area contributed by atoms with Gasteiger partial charge >= 0.3 is 0 Å². The van der Waals surface area contributed by atoms with Crippen LogP contribution < -0.4 is 11.1 Å². The quantitative estimate of drug-likeness (QED) is 0.662. The smallest absolute Gasteiger partial charge is 0.241 e. The van der Waals surface area contributed by atoms with Crippen molar-refractivity contribution < 1.29 is 4.79 Å². The Bertz CT molecular complexity index is 817. The van der Waals surface area contributed by atoms with Gasteiger partial charge in [-0.2, -0.15) is 10.2 Å². The third-order valence-electron chi connectivity index (χ3n) is 3.92. The van der Waals surface area contributed by atoms with E-state index in [4.69, 9.17) is 5.73 Å². The van der Waals surface area contributed by atoms with Crippen LogP contribution in [0.3, 0.4) is 0 Å². The summed E-state index contributed by atoms with van der Waals surface area (Å²) in [4.78, 5) is 12.3. The standard InChI is InChI=1S/C17H20N6O/c1-11-15(12(2)22-21-11)16(18)17(24)19-10-13-5-3-6-14(9-13)23-8-4-7-20-23/h3-9,16H,10,18H2,1-2H3,(H,19,24)(H,21,22). The molecule has 0 aliphatic rings. The molecule has 0 spiro atoms. The topological polar surface area (TPSA) is 102 Å². The molecule has 0 saturated carbocycles. The Hall–Kier alpha value is -2.93. The van der Waals surface area contributed by atoms with Crippen molar-refractivity contribution >= 4 is 5.91 Å². The molecular weight excluding hydrogens is 304 g/mol. The molecule has 1 amide bonds. The first kappa shape index (κ1) is 15.9. The summed E-state index contributed by atoms with van der Waals surface area (Å²) in [5, 5.41) is 14.0. The Morgan fingerprint density at radius 3 is 2.88 bits per heavy atom. The highest BCUT2D eigenvalue weighted by molar-refractivity contribution is 5.83. The zero-order chi connectivity index (χ0) is 17.1. The monoisotopic (exact) mass is 324 g/mol. The predicted molar refractivity (Wildman–Crippen MR) is 90.4 cm³/mol. The summed E-state index contributed by atoms with van der Waals surface area (Å²) in [6.45, 7) is 4.09. The second kappa shape index (κ2) is 6.67. The maximum atomic E-state index is 12.3. The summed E-state index contributed by atoms with van der Waals surface area (Å²) >= 11 is 0. The molecule has 0 bridgehead atoms. The number of benzene rings is 1. The summed E-state index contributed by atoms with van der Waals surface area (Å²) < 4.78 is 1.77. The van der Waals surface area contributed by atoms with Crippen LogP contribution in [-0.4, -0.2) is 25.9 Å². The fraction of sp³-hybridized carbons (Fsp3) is 0.235. The number of aromatic amines is 1. The molecule has 7 heteroatoms. The number of hydrogen-bond acceptors (Lipinski definition) is 4. The van der Waals surface area contributed by atoms with Gasteiger partial charge in [0.25, 0.3) is 0 Å². The molecule has 1 aromatic carbocycles. The summed E-state index contributed by atoms with van der Waals surface area (Å²) in [5.41, 5.74) is 10.3. The third-order valence-corrected chi connectivity index (χ3v) is 3.92. The average molecular weight is 324 g/mol. The molecular formula is C17H20N6O. The lowest BCUT2D eigenvalue weighted by molar-refractivity contribution is -0.122. The zero-order valence-electron chi connectivity index (χ0n) is 13.7.